The van der Waals surface area contributed by atoms with Gasteiger partial charge in [-0.2, -0.15) is 0 Å². The number of benzene rings is 2. The number of rotatable bonds is 6. The van der Waals surface area contributed by atoms with Gasteiger partial charge in [0, 0.05) is 12.1 Å². The van der Waals surface area contributed by atoms with Crippen molar-refractivity contribution in [1.82, 2.24) is 5.32 Å². The molecule has 1 aliphatic rings. The summed E-state index contributed by atoms with van der Waals surface area (Å²) < 4.78 is 16.2. The van der Waals surface area contributed by atoms with Crippen LogP contribution in [0.2, 0.25) is 0 Å². The summed E-state index contributed by atoms with van der Waals surface area (Å²) in [7, 11) is 1.48. The largest absolute Gasteiger partial charge is 0.496 e. The molecule has 1 amide bonds. The average Bonchev–Trinajstić information content (AvgIpc) is 2.67. The molecule has 3 rings (SSSR count). The fraction of sp³-hybridized carbons (Fsp3) is 0.263. The normalized spacial score (nSPS) is 12.3. The summed E-state index contributed by atoms with van der Waals surface area (Å²) in [6.07, 6.45) is 0.513. The molecule has 0 unspecified atom stereocenters. The van der Waals surface area contributed by atoms with Crippen molar-refractivity contribution >= 4 is 11.9 Å². The second-order valence-corrected chi connectivity index (χ2v) is 5.70. The van der Waals surface area contributed by atoms with Crippen LogP contribution in [-0.4, -0.2) is 43.9 Å². The molecule has 26 heavy (non-hydrogen) atoms. The Bertz CT molecular complexity index is 833. The molecular weight excluding hydrogens is 338 g/mol. The van der Waals surface area contributed by atoms with E-state index in [4.69, 9.17) is 19.3 Å². The lowest BCUT2D eigenvalue weighted by molar-refractivity contribution is 0.0696. The average molecular weight is 357 g/mol. The minimum atomic E-state index is -1.01. The van der Waals surface area contributed by atoms with E-state index in [1.54, 1.807) is 24.3 Å². The second kappa shape index (κ2) is 7.77. The highest BCUT2D eigenvalue weighted by Gasteiger charge is 2.15. The lowest BCUT2D eigenvalue weighted by atomic mass is 10.1. The van der Waals surface area contributed by atoms with E-state index in [9.17, 15) is 9.59 Å². The van der Waals surface area contributed by atoms with Crippen molar-refractivity contribution in [1.29, 1.82) is 0 Å². The Balaban J connectivity index is 1.61. The van der Waals surface area contributed by atoms with Gasteiger partial charge in [-0.05, 0) is 42.3 Å². The molecule has 2 aromatic carbocycles. The molecular formula is C19H19NO6. The van der Waals surface area contributed by atoms with E-state index < -0.39 is 5.97 Å². The number of ether oxygens (including phenoxy) is 3. The number of amides is 1. The van der Waals surface area contributed by atoms with Crippen LogP contribution in [0.5, 0.6) is 17.2 Å². The lowest BCUT2D eigenvalue weighted by Crippen LogP contribution is -2.26. The van der Waals surface area contributed by atoms with Crippen LogP contribution in [0.4, 0.5) is 0 Å². The van der Waals surface area contributed by atoms with Crippen molar-refractivity contribution in [2.75, 3.05) is 26.9 Å². The van der Waals surface area contributed by atoms with Crippen LogP contribution < -0.4 is 19.5 Å². The first-order valence-electron chi connectivity index (χ1n) is 8.16. The van der Waals surface area contributed by atoms with Gasteiger partial charge in [0.05, 0.1) is 12.7 Å². The molecule has 0 radical (unpaired) electrons. The van der Waals surface area contributed by atoms with E-state index in [0.717, 1.165) is 5.56 Å². The van der Waals surface area contributed by atoms with Crippen molar-refractivity contribution in [3.63, 3.8) is 0 Å². The number of carbonyl (C=O) groups is 2. The Morgan fingerprint density at radius 1 is 1.08 bits per heavy atom. The summed E-state index contributed by atoms with van der Waals surface area (Å²) in [4.78, 5) is 23.3. The third-order valence-electron chi connectivity index (χ3n) is 4.02. The predicted octanol–water partition coefficient (Wildman–Crippen LogP) is 2.14. The first-order valence-corrected chi connectivity index (χ1v) is 8.16. The molecule has 0 saturated carbocycles. The van der Waals surface area contributed by atoms with E-state index >= 15 is 0 Å². The van der Waals surface area contributed by atoms with Gasteiger partial charge < -0.3 is 24.6 Å². The van der Waals surface area contributed by atoms with Crippen LogP contribution >= 0.6 is 0 Å². The SMILES string of the molecule is COc1cc(C(=O)O)ccc1CCNC(=O)c1ccc2c(c1)OCCO2. The maximum absolute atomic E-state index is 12.3. The molecule has 7 heteroatoms. The van der Waals surface area contributed by atoms with Crippen molar-refractivity contribution in [2.45, 2.75) is 6.42 Å². The van der Waals surface area contributed by atoms with Gasteiger partial charge in [0.2, 0.25) is 0 Å². The van der Waals surface area contributed by atoms with Crippen LogP contribution in [0.25, 0.3) is 0 Å². The van der Waals surface area contributed by atoms with Crippen LogP contribution in [0.15, 0.2) is 36.4 Å². The molecule has 0 saturated heterocycles. The highest BCUT2D eigenvalue weighted by Crippen LogP contribution is 2.30. The van der Waals surface area contributed by atoms with Gasteiger partial charge in [0.15, 0.2) is 11.5 Å². The zero-order valence-electron chi connectivity index (χ0n) is 14.3. The van der Waals surface area contributed by atoms with Gasteiger partial charge >= 0.3 is 5.97 Å². The topological polar surface area (TPSA) is 94.1 Å². The van der Waals surface area contributed by atoms with Gasteiger partial charge in [0.1, 0.15) is 19.0 Å². The third-order valence-corrected chi connectivity index (χ3v) is 4.02. The number of carbonyl (C=O) groups excluding carboxylic acids is 1. The fourth-order valence-corrected chi connectivity index (χ4v) is 2.68. The smallest absolute Gasteiger partial charge is 0.335 e. The van der Waals surface area contributed by atoms with Crippen molar-refractivity contribution in [3.05, 3.63) is 53.1 Å². The standard InChI is InChI=1S/C19H19NO6/c1-24-16-11-14(19(22)23)3-2-12(16)6-7-20-18(21)13-4-5-15-17(10-13)26-9-8-25-15/h2-5,10-11H,6-9H2,1H3,(H,20,21)(H,22,23). The zero-order chi connectivity index (χ0) is 18.5. The molecule has 0 aromatic heterocycles. The Labute approximate surface area is 150 Å². The number of aromatic carboxylic acids is 1. The molecule has 0 atom stereocenters. The predicted molar refractivity (Wildman–Crippen MR) is 93.4 cm³/mol. The summed E-state index contributed by atoms with van der Waals surface area (Å²) in [5, 5.41) is 11.9. The molecule has 136 valence electrons. The summed E-state index contributed by atoms with van der Waals surface area (Å²) in [5.74, 6) is 0.453. The van der Waals surface area contributed by atoms with E-state index in [2.05, 4.69) is 5.32 Å². The summed E-state index contributed by atoms with van der Waals surface area (Å²) in [5.41, 5.74) is 1.47. The van der Waals surface area contributed by atoms with E-state index in [0.29, 0.717) is 49.0 Å². The van der Waals surface area contributed by atoms with Crippen molar-refractivity contribution in [2.24, 2.45) is 0 Å². The molecule has 0 spiro atoms. The Morgan fingerprint density at radius 3 is 2.54 bits per heavy atom. The van der Waals surface area contributed by atoms with Crippen LogP contribution in [0.3, 0.4) is 0 Å². The van der Waals surface area contributed by atoms with Gasteiger partial charge in [0.25, 0.3) is 5.91 Å². The molecule has 2 N–H and O–H groups in total. The van der Waals surface area contributed by atoms with Gasteiger partial charge in [-0.1, -0.05) is 6.07 Å². The quantitative estimate of drug-likeness (QED) is 0.823. The molecule has 2 aromatic rings. The first kappa shape index (κ1) is 17.6. The lowest BCUT2D eigenvalue weighted by Gasteiger charge is -2.18. The minimum Gasteiger partial charge on any atom is -0.496 e. The highest BCUT2D eigenvalue weighted by atomic mass is 16.6. The summed E-state index contributed by atoms with van der Waals surface area (Å²) in [6, 6.07) is 9.75. The number of carboxylic acids is 1. The Morgan fingerprint density at radius 2 is 1.81 bits per heavy atom. The second-order valence-electron chi connectivity index (χ2n) is 5.70. The third kappa shape index (κ3) is 3.88. The number of hydrogen-bond donors (Lipinski definition) is 2. The van der Waals surface area contributed by atoms with E-state index in [1.807, 2.05) is 0 Å². The van der Waals surface area contributed by atoms with Gasteiger partial charge in [-0.15, -0.1) is 0 Å². The number of carboxylic acid groups (broad SMARTS) is 1. The number of fused-ring (bicyclic) bond motifs is 1. The van der Waals surface area contributed by atoms with Crippen LogP contribution in [0, 0.1) is 0 Å². The molecule has 0 fully saturated rings. The molecule has 7 nitrogen and oxygen atoms in total. The Kier molecular flexibility index (Phi) is 5.26. The molecule has 1 aliphatic heterocycles. The molecule has 1 heterocycles. The Hall–Kier alpha value is -3.22. The monoisotopic (exact) mass is 357 g/mol. The van der Waals surface area contributed by atoms with E-state index in [-0.39, 0.29) is 11.5 Å². The van der Waals surface area contributed by atoms with Gasteiger partial charge in [-0.3, -0.25) is 4.79 Å². The summed E-state index contributed by atoms with van der Waals surface area (Å²) >= 11 is 0. The van der Waals surface area contributed by atoms with Crippen LogP contribution in [0.1, 0.15) is 26.3 Å². The van der Waals surface area contributed by atoms with E-state index in [1.165, 1.54) is 19.2 Å². The number of nitrogens with one attached hydrogen (secondary N) is 1. The maximum atomic E-state index is 12.3. The van der Waals surface area contributed by atoms with Crippen molar-refractivity contribution in [3.8, 4) is 17.2 Å². The minimum absolute atomic E-state index is 0.158. The molecule has 0 aliphatic carbocycles. The van der Waals surface area contributed by atoms with Crippen LogP contribution in [-0.2, 0) is 6.42 Å². The number of methoxy groups -OCH3 is 1. The number of hydrogen-bond acceptors (Lipinski definition) is 5. The summed E-state index contributed by atoms with van der Waals surface area (Å²) in [6.45, 7) is 1.35. The first-order chi connectivity index (χ1) is 12.6. The highest BCUT2D eigenvalue weighted by molar-refractivity contribution is 5.95. The maximum Gasteiger partial charge on any atom is 0.335 e. The van der Waals surface area contributed by atoms with Crippen molar-refractivity contribution < 1.29 is 28.9 Å². The zero-order valence-corrected chi connectivity index (χ0v) is 14.3. The van der Waals surface area contributed by atoms with Gasteiger partial charge in [-0.25, -0.2) is 4.79 Å². The fourth-order valence-electron chi connectivity index (χ4n) is 2.68. The molecule has 0 bridgehead atoms.